The Morgan fingerprint density at radius 2 is 2.06 bits per heavy atom. The van der Waals surface area contributed by atoms with Gasteiger partial charge in [0.15, 0.2) is 0 Å². The second-order valence-corrected chi connectivity index (χ2v) is 4.62. The highest BCUT2D eigenvalue weighted by Gasteiger charge is 2.23. The highest BCUT2D eigenvalue weighted by Crippen LogP contribution is 2.07. The van der Waals surface area contributed by atoms with Crippen LogP contribution in [0.25, 0.3) is 0 Å². The van der Waals surface area contributed by atoms with Gasteiger partial charge in [0.05, 0.1) is 0 Å². The molecule has 1 aliphatic rings. The average molecular weight is 239 g/mol. The Hall–Kier alpha value is -0.870. The highest BCUT2D eigenvalue weighted by atomic mass is 16.2. The summed E-state index contributed by atoms with van der Waals surface area (Å²) in [7, 11) is 0. The van der Waals surface area contributed by atoms with Crippen molar-refractivity contribution in [1.29, 1.82) is 0 Å². The summed E-state index contributed by atoms with van der Waals surface area (Å²) in [5.74, 6) is 0.366. The van der Waals surface area contributed by atoms with Crippen molar-refractivity contribution in [2.75, 3.05) is 45.8 Å². The van der Waals surface area contributed by atoms with Crippen molar-refractivity contribution in [1.82, 2.24) is 15.1 Å². The molecule has 0 aliphatic carbocycles. The number of rotatable bonds is 6. The number of amides is 1. The lowest BCUT2D eigenvalue weighted by Gasteiger charge is -2.35. The van der Waals surface area contributed by atoms with Crippen molar-refractivity contribution in [3.05, 3.63) is 12.7 Å². The molecule has 4 heteroatoms. The van der Waals surface area contributed by atoms with E-state index in [-0.39, 0.29) is 11.8 Å². The van der Waals surface area contributed by atoms with Gasteiger partial charge in [-0.1, -0.05) is 19.9 Å². The van der Waals surface area contributed by atoms with Crippen LogP contribution in [0.15, 0.2) is 12.7 Å². The molecular weight excluding hydrogens is 214 g/mol. The molecule has 0 aromatic rings. The molecule has 4 nitrogen and oxygen atoms in total. The van der Waals surface area contributed by atoms with Crippen molar-refractivity contribution in [3.8, 4) is 0 Å². The van der Waals surface area contributed by atoms with Gasteiger partial charge in [-0.25, -0.2) is 0 Å². The molecule has 1 N–H and O–H groups in total. The van der Waals surface area contributed by atoms with Gasteiger partial charge < -0.3 is 10.2 Å². The van der Waals surface area contributed by atoms with E-state index in [1.807, 2.05) is 17.9 Å². The Morgan fingerprint density at radius 1 is 1.41 bits per heavy atom. The van der Waals surface area contributed by atoms with Crippen molar-refractivity contribution in [3.63, 3.8) is 0 Å². The van der Waals surface area contributed by atoms with E-state index in [9.17, 15) is 4.79 Å². The molecular formula is C13H25N3O. The summed E-state index contributed by atoms with van der Waals surface area (Å²) in [5.41, 5.74) is 0. The minimum atomic E-state index is 0.0842. The number of hydrogen-bond donors (Lipinski definition) is 1. The molecule has 1 rings (SSSR count). The van der Waals surface area contributed by atoms with Crippen LogP contribution >= 0.6 is 0 Å². The number of carbonyl (C=O) groups is 1. The van der Waals surface area contributed by atoms with Gasteiger partial charge in [0.25, 0.3) is 0 Å². The molecule has 0 aromatic carbocycles. The summed E-state index contributed by atoms with van der Waals surface area (Å²) in [4.78, 5) is 16.4. The SMILES string of the molecule is C=CCN1CCN(C(=O)C(C)CNCC)CC1. The average Bonchev–Trinajstić information content (AvgIpc) is 2.36. The Labute approximate surface area is 105 Å². The number of piperazine rings is 1. The third-order valence-electron chi connectivity index (χ3n) is 3.19. The summed E-state index contributed by atoms with van der Waals surface area (Å²) in [5, 5.41) is 3.23. The number of hydrogen-bond acceptors (Lipinski definition) is 3. The van der Waals surface area contributed by atoms with E-state index in [1.54, 1.807) is 0 Å². The first-order chi connectivity index (χ1) is 8.19. The number of nitrogens with one attached hydrogen (secondary N) is 1. The van der Waals surface area contributed by atoms with Crippen LogP contribution in [0.2, 0.25) is 0 Å². The van der Waals surface area contributed by atoms with E-state index in [2.05, 4.69) is 23.7 Å². The minimum Gasteiger partial charge on any atom is -0.340 e. The molecule has 0 radical (unpaired) electrons. The fraction of sp³-hybridized carbons (Fsp3) is 0.769. The third kappa shape index (κ3) is 4.48. The fourth-order valence-electron chi connectivity index (χ4n) is 2.09. The van der Waals surface area contributed by atoms with Crippen LogP contribution in [0.3, 0.4) is 0 Å². The van der Waals surface area contributed by atoms with Gasteiger partial charge in [0, 0.05) is 45.2 Å². The second kappa shape index (κ2) is 7.45. The quantitative estimate of drug-likeness (QED) is 0.688. The minimum absolute atomic E-state index is 0.0842. The van der Waals surface area contributed by atoms with Gasteiger partial charge in [-0.15, -0.1) is 6.58 Å². The molecule has 0 spiro atoms. The maximum atomic E-state index is 12.1. The standard InChI is InChI=1S/C13H25N3O/c1-4-6-15-7-9-16(10-8-15)13(17)12(3)11-14-5-2/h4,12,14H,1,5-11H2,2-3H3. The number of nitrogens with zero attached hydrogens (tertiary/aromatic N) is 2. The first-order valence-corrected chi connectivity index (χ1v) is 6.51. The van der Waals surface area contributed by atoms with E-state index in [1.165, 1.54) is 0 Å². The van der Waals surface area contributed by atoms with Crippen LogP contribution in [-0.4, -0.2) is 61.5 Å². The Balaban J connectivity index is 2.32. The summed E-state index contributed by atoms with van der Waals surface area (Å²) in [6.07, 6.45) is 1.92. The Bertz CT molecular complexity index is 247. The van der Waals surface area contributed by atoms with Crippen molar-refractivity contribution in [2.24, 2.45) is 5.92 Å². The highest BCUT2D eigenvalue weighted by molar-refractivity contribution is 5.78. The Morgan fingerprint density at radius 3 is 2.59 bits per heavy atom. The molecule has 17 heavy (non-hydrogen) atoms. The third-order valence-corrected chi connectivity index (χ3v) is 3.19. The largest absolute Gasteiger partial charge is 0.340 e. The molecule has 1 fully saturated rings. The zero-order chi connectivity index (χ0) is 12.7. The molecule has 1 heterocycles. The predicted molar refractivity (Wildman–Crippen MR) is 70.9 cm³/mol. The van der Waals surface area contributed by atoms with Crippen LogP contribution in [0.4, 0.5) is 0 Å². The first-order valence-electron chi connectivity index (χ1n) is 6.51. The molecule has 1 saturated heterocycles. The van der Waals surface area contributed by atoms with Crippen molar-refractivity contribution in [2.45, 2.75) is 13.8 Å². The molecule has 1 unspecified atom stereocenters. The van der Waals surface area contributed by atoms with Gasteiger partial charge >= 0.3 is 0 Å². The first kappa shape index (κ1) is 14.2. The van der Waals surface area contributed by atoms with Crippen LogP contribution in [0.1, 0.15) is 13.8 Å². The topological polar surface area (TPSA) is 35.6 Å². The summed E-state index contributed by atoms with van der Waals surface area (Å²) in [6.45, 7) is 14.1. The molecule has 98 valence electrons. The summed E-state index contributed by atoms with van der Waals surface area (Å²) >= 11 is 0. The maximum Gasteiger partial charge on any atom is 0.226 e. The number of carbonyl (C=O) groups excluding carboxylic acids is 1. The van der Waals surface area contributed by atoms with E-state index in [4.69, 9.17) is 0 Å². The van der Waals surface area contributed by atoms with E-state index >= 15 is 0 Å². The van der Waals surface area contributed by atoms with Crippen LogP contribution in [0.5, 0.6) is 0 Å². The lowest BCUT2D eigenvalue weighted by Crippen LogP contribution is -2.50. The van der Waals surface area contributed by atoms with Gasteiger partial charge in [-0.2, -0.15) is 0 Å². The van der Waals surface area contributed by atoms with E-state index < -0.39 is 0 Å². The zero-order valence-corrected chi connectivity index (χ0v) is 11.1. The normalized spacial score (nSPS) is 19.1. The van der Waals surface area contributed by atoms with Crippen molar-refractivity contribution < 1.29 is 4.79 Å². The lowest BCUT2D eigenvalue weighted by molar-refractivity contribution is -0.136. The Kier molecular flexibility index (Phi) is 6.22. The maximum absolute atomic E-state index is 12.1. The smallest absolute Gasteiger partial charge is 0.226 e. The molecule has 1 aliphatic heterocycles. The van der Waals surface area contributed by atoms with Gasteiger partial charge in [0.2, 0.25) is 5.91 Å². The lowest BCUT2D eigenvalue weighted by atomic mass is 10.1. The second-order valence-electron chi connectivity index (χ2n) is 4.62. The van der Waals surface area contributed by atoms with Crippen LogP contribution < -0.4 is 5.32 Å². The molecule has 0 bridgehead atoms. The monoisotopic (exact) mass is 239 g/mol. The van der Waals surface area contributed by atoms with Crippen LogP contribution in [0, 0.1) is 5.92 Å². The molecule has 0 aromatic heterocycles. The van der Waals surface area contributed by atoms with Gasteiger partial charge in [-0.05, 0) is 6.54 Å². The summed E-state index contributed by atoms with van der Waals surface area (Å²) in [6, 6.07) is 0. The van der Waals surface area contributed by atoms with Crippen molar-refractivity contribution >= 4 is 5.91 Å². The molecule has 1 atom stereocenters. The van der Waals surface area contributed by atoms with Gasteiger partial charge in [-0.3, -0.25) is 9.69 Å². The molecule has 1 amide bonds. The van der Waals surface area contributed by atoms with E-state index in [0.29, 0.717) is 0 Å². The predicted octanol–water partition coefficient (Wildman–Crippen LogP) is 0.562. The van der Waals surface area contributed by atoms with E-state index in [0.717, 1.165) is 45.8 Å². The zero-order valence-electron chi connectivity index (χ0n) is 11.1. The van der Waals surface area contributed by atoms with Gasteiger partial charge in [0.1, 0.15) is 0 Å². The van der Waals surface area contributed by atoms with Crippen LogP contribution in [-0.2, 0) is 4.79 Å². The summed E-state index contributed by atoms with van der Waals surface area (Å²) < 4.78 is 0. The fourth-order valence-corrected chi connectivity index (χ4v) is 2.09. The molecule has 0 saturated carbocycles.